The summed E-state index contributed by atoms with van der Waals surface area (Å²) in [6, 6.07) is 8.79. The maximum absolute atomic E-state index is 11.2. The van der Waals surface area contributed by atoms with E-state index in [1.54, 1.807) is 19.4 Å². The summed E-state index contributed by atoms with van der Waals surface area (Å²) in [5.41, 5.74) is 0.777. The molecule has 0 saturated heterocycles. The monoisotopic (exact) mass is 273 g/mol. The van der Waals surface area contributed by atoms with Gasteiger partial charge in [0.25, 0.3) is 0 Å². The average Bonchev–Trinajstić information content (AvgIpc) is 2.48. The second kappa shape index (κ2) is 6.37. The lowest BCUT2D eigenvalue weighted by atomic mass is 10.3. The topological polar surface area (TPSA) is 88.2 Å². The molecule has 104 valence electrons. The molecule has 0 fully saturated rings. The van der Waals surface area contributed by atoms with Crippen molar-refractivity contribution >= 4 is 23.5 Å². The van der Waals surface area contributed by atoms with E-state index in [1.165, 1.54) is 7.05 Å². The van der Waals surface area contributed by atoms with Gasteiger partial charge in [0, 0.05) is 13.2 Å². The number of carbonyl (C=O) groups excluding carboxylic acids is 1. The lowest BCUT2D eigenvalue weighted by Gasteiger charge is -2.10. The summed E-state index contributed by atoms with van der Waals surface area (Å²) in [6.45, 7) is 0. The van der Waals surface area contributed by atoms with Crippen LogP contribution in [-0.4, -0.2) is 30.2 Å². The van der Waals surface area contributed by atoms with E-state index in [0.717, 1.165) is 5.69 Å². The number of rotatable bonds is 4. The maximum Gasteiger partial charge on any atom is 0.321 e. The Morgan fingerprint density at radius 1 is 1.25 bits per heavy atom. The fourth-order valence-electron chi connectivity index (χ4n) is 1.54. The van der Waals surface area contributed by atoms with Crippen LogP contribution in [0.15, 0.2) is 36.5 Å². The SMILES string of the molecule is CNC(=O)Nc1nccc(Nc2ccccc2OC)n1. The zero-order valence-electron chi connectivity index (χ0n) is 11.2. The number of urea groups is 1. The first kappa shape index (κ1) is 13.6. The van der Waals surface area contributed by atoms with E-state index in [1.807, 2.05) is 24.3 Å². The number of hydrogen-bond acceptors (Lipinski definition) is 5. The highest BCUT2D eigenvalue weighted by atomic mass is 16.5. The molecule has 0 aliphatic heterocycles. The van der Waals surface area contributed by atoms with Gasteiger partial charge in [-0.1, -0.05) is 12.1 Å². The second-order valence-electron chi connectivity index (χ2n) is 3.79. The van der Waals surface area contributed by atoms with E-state index < -0.39 is 0 Å². The third-order valence-corrected chi connectivity index (χ3v) is 2.48. The van der Waals surface area contributed by atoms with Crippen molar-refractivity contribution in [3.8, 4) is 5.75 Å². The lowest BCUT2D eigenvalue weighted by molar-refractivity contribution is 0.254. The quantitative estimate of drug-likeness (QED) is 0.792. The Kier molecular flexibility index (Phi) is 4.33. The molecule has 1 heterocycles. The van der Waals surface area contributed by atoms with Crippen molar-refractivity contribution in [2.75, 3.05) is 24.8 Å². The minimum atomic E-state index is -0.376. The first-order valence-corrected chi connectivity index (χ1v) is 5.94. The van der Waals surface area contributed by atoms with Crippen LogP contribution in [0.4, 0.5) is 22.2 Å². The molecule has 1 aromatic heterocycles. The highest BCUT2D eigenvalue weighted by Crippen LogP contribution is 2.26. The van der Waals surface area contributed by atoms with Crippen LogP contribution >= 0.6 is 0 Å². The normalized spacial score (nSPS) is 9.70. The van der Waals surface area contributed by atoms with Gasteiger partial charge in [0.05, 0.1) is 12.8 Å². The van der Waals surface area contributed by atoms with Crippen molar-refractivity contribution in [3.05, 3.63) is 36.5 Å². The number of carbonyl (C=O) groups is 1. The Hall–Kier alpha value is -2.83. The molecule has 0 aliphatic carbocycles. The van der Waals surface area contributed by atoms with E-state index in [0.29, 0.717) is 11.6 Å². The Labute approximate surface area is 116 Å². The zero-order chi connectivity index (χ0) is 14.4. The number of aromatic nitrogens is 2. The largest absolute Gasteiger partial charge is 0.495 e. The number of nitrogens with one attached hydrogen (secondary N) is 3. The Bertz CT molecular complexity index is 603. The summed E-state index contributed by atoms with van der Waals surface area (Å²) >= 11 is 0. The van der Waals surface area contributed by atoms with Crippen LogP contribution in [0.3, 0.4) is 0 Å². The molecule has 20 heavy (non-hydrogen) atoms. The third kappa shape index (κ3) is 3.35. The summed E-state index contributed by atoms with van der Waals surface area (Å²) in [7, 11) is 3.12. The molecule has 0 atom stereocenters. The van der Waals surface area contributed by atoms with E-state index in [-0.39, 0.29) is 12.0 Å². The molecule has 1 aromatic carbocycles. The predicted molar refractivity (Wildman–Crippen MR) is 76.4 cm³/mol. The molecular formula is C13H15N5O2. The van der Waals surface area contributed by atoms with Crippen LogP contribution in [-0.2, 0) is 0 Å². The first-order valence-electron chi connectivity index (χ1n) is 5.94. The second-order valence-corrected chi connectivity index (χ2v) is 3.79. The predicted octanol–water partition coefficient (Wildman–Crippen LogP) is 1.98. The number of para-hydroxylation sites is 2. The summed E-state index contributed by atoms with van der Waals surface area (Å²) in [5, 5.41) is 8.04. The highest BCUT2D eigenvalue weighted by Gasteiger charge is 2.05. The van der Waals surface area contributed by atoms with Crippen LogP contribution in [0.25, 0.3) is 0 Å². The van der Waals surface area contributed by atoms with Crippen molar-refractivity contribution in [1.29, 1.82) is 0 Å². The number of anilines is 3. The number of nitrogens with zero attached hydrogens (tertiary/aromatic N) is 2. The molecule has 7 nitrogen and oxygen atoms in total. The van der Waals surface area contributed by atoms with E-state index in [4.69, 9.17) is 4.74 Å². The minimum Gasteiger partial charge on any atom is -0.495 e. The standard InChI is InChI=1S/C13H15N5O2/c1-14-13(19)18-12-15-8-7-11(17-12)16-9-5-3-4-6-10(9)20-2/h3-8H,1-2H3,(H3,14,15,16,17,18,19). The highest BCUT2D eigenvalue weighted by molar-refractivity contribution is 5.87. The molecule has 2 amide bonds. The van der Waals surface area contributed by atoms with Gasteiger partial charge >= 0.3 is 6.03 Å². The van der Waals surface area contributed by atoms with E-state index in [9.17, 15) is 4.79 Å². The van der Waals surface area contributed by atoms with Crippen LogP contribution in [0.2, 0.25) is 0 Å². The molecule has 0 radical (unpaired) electrons. The number of ether oxygens (including phenoxy) is 1. The average molecular weight is 273 g/mol. The van der Waals surface area contributed by atoms with Gasteiger partial charge in [0.15, 0.2) is 0 Å². The Morgan fingerprint density at radius 3 is 2.80 bits per heavy atom. The van der Waals surface area contributed by atoms with Crippen molar-refractivity contribution in [2.45, 2.75) is 0 Å². The van der Waals surface area contributed by atoms with Gasteiger partial charge in [-0.15, -0.1) is 0 Å². The van der Waals surface area contributed by atoms with Gasteiger partial charge in [0.2, 0.25) is 5.95 Å². The molecule has 0 unspecified atom stereocenters. The fourth-order valence-corrected chi connectivity index (χ4v) is 1.54. The summed E-state index contributed by atoms with van der Waals surface area (Å²) in [4.78, 5) is 19.3. The van der Waals surface area contributed by atoms with Gasteiger partial charge in [-0.05, 0) is 18.2 Å². The van der Waals surface area contributed by atoms with Crippen molar-refractivity contribution in [2.24, 2.45) is 0 Å². The minimum absolute atomic E-state index is 0.212. The third-order valence-electron chi connectivity index (χ3n) is 2.48. The molecule has 2 rings (SSSR count). The van der Waals surface area contributed by atoms with Crippen LogP contribution in [0.1, 0.15) is 0 Å². The number of hydrogen-bond donors (Lipinski definition) is 3. The van der Waals surface area contributed by atoms with Crippen molar-refractivity contribution < 1.29 is 9.53 Å². The maximum atomic E-state index is 11.2. The van der Waals surface area contributed by atoms with Gasteiger partial charge in [0.1, 0.15) is 11.6 Å². The Balaban J connectivity index is 2.17. The summed E-state index contributed by atoms with van der Waals surface area (Å²) in [5.74, 6) is 1.46. The molecule has 0 aliphatic rings. The van der Waals surface area contributed by atoms with E-state index in [2.05, 4.69) is 25.9 Å². The number of amides is 2. The molecule has 7 heteroatoms. The van der Waals surface area contributed by atoms with Gasteiger partial charge in [-0.2, -0.15) is 4.98 Å². The molecule has 0 saturated carbocycles. The molecule has 2 aromatic rings. The lowest BCUT2D eigenvalue weighted by Crippen LogP contribution is -2.25. The first-order chi connectivity index (χ1) is 9.72. The van der Waals surface area contributed by atoms with E-state index >= 15 is 0 Å². The van der Waals surface area contributed by atoms with Crippen molar-refractivity contribution in [1.82, 2.24) is 15.3 Å². The van der Waals surface area contributed by atoms with Gasteiger partial charge in [-0.3, -0.25) is 5.32 Å². The van der Waals surface area contributed by atoms with Crippen LogP contribution in [0, 0.1) is 0 Å². The smallest absolute Gasteiger partial charge is 0.321 e. The Morgan fingerprint density at radius 2 is 2.05 bits per heavy atom. The summed E-state index contributed by atoms with van der Waals surface area (Å²) < 4.78 is 5.24. The van der Waals surface area contributed by atoms with Crippen LogP contribution < -0.4 is 20.7 Å². The van der Waals surface area contributed by atoms with Gasteiger partial charge < -0.3 is 15.4 Å². The molecule has 0 spiro atoms. The number of methoxy groups -OCH3 is 1. The molecule has 3 N–H and O–H groups in total. The van der Waals surface area contributed by atoms with Gasteiger partial charge in [-0.25, -0.2) is 9.78 Å². The fraction of sp³-hybridized carbons (Fsp3) is 0.154. The zero-order valence-corrected chi connectivity index (χ0v) is 11.2. The summed E-state index contributed by atoms with van der Waals surface area (Å²) in [6.07, 6.45) is 1.55. The molecule has 0 bridgehead atoms. The van der Waals surface area contributed by atoms with Crippen molar-refractivity contribution in [3.63, 3.8) is 0 Å². The molecular weight excluding hydrogens is 258 g/mol. The number of benzene rings is 1. The van der Waals surface area contributed by atoms with Crippen LogP contribution in [0.5, 0.6) is 5.75 Å².